The monoisotopic (exact) mass is 397 g/mol. The van der Waals surface area contributed by atoms with Gasteiger partial charge in [-0.2, -0.15) is 0 Å². The van der Waals surface area contributed by atoms with E-state index in [1.54, 1.807) is 0 Å². The van der Waals surface area contributed by atoms with Crippen LogP contribution in [0.3, 0.4) is 0 Å². The van der Waals surface area contributed by atoms with Crippen molar-refractivity contribution in [2.24, 2.45) is 0 Å². The van der Waals surface area contributed by atoms with Crippen molar-refractivity contribution < 1.29 is 9.53 Å². The Kier molecular flexibility index (Phi) is 4.85. The highest BCUT2D eigenvalue weighted by molar-refractivity contribution is 7.15. The number of aromatic nitrogens is 1. The van der Waals surface area contributed by atoms with Crippen molar-refractivity contribution in [1.82, 2.24) is 9.88 Å². The van der Waals surface area contributed by atoms with Crippen LogP contribution in [-0.2, 0) is 6.54 Å². The maximum Gasteiger partial charge on any atom is 0.185 e. The molecule has 5 nitrogen and oxygen atoms in total. The van der Waals surface area contributed by atoms with Crippen molar-refractivity contribution in [3.8, 4) is 5.75 Å². The van der Waals surface area contributed by atoms with Crippen LogP contribution in [0.2, 0.25) is 0 Å². The third kappa shape index (κ3) is 3.55. The number of carbonyl (C=O) groups excluding carboxylic acids is 1. The summed E-state index contributed by atoms with van der Waals surface area (Å²) in [6, 6.07) is 7.69. The van der Waals surface area contributed by atoms with Gasteiger partial charge in [0.2, 0.25) is 0 Å². The Labute approximate surface area is 170 Å². The number of Topliss-reactive ketones (excluding diaryl/α,β-unsaturated/α-hetero) is 1. The minimum Gasteiger partial charge on any atom is -0.486 e. The van der Waals surface area contributed by atoms with Crippen LogP contribution in [0.15, 0.2) is 30.5 Å². The average molecular weight is 398 g/mol. The van der Waals surface area contributed by atoms with Gasteiger partial charge >= 0.3 is 0 Å². The van der Waals surface area contributed by atoms with Gasteiger partial charge in [-0.1, -0.05) is 12.1 Å². The number of carbonyl (C=O) groups is 1. The second-order valence-electron chi connectivity index (χ2n) is 8.31. The predicted octanol–water partition coefficient (Wildman–Crippen LogP) is 4.13. The van der Waals surface area contributed by atoms with Crippen LogP contribution < -0.4 is 9.64 Å². The molecule has 0 amide bonds. The molecule has 1 aromatic carbocycles. The molecular weight excluding hydrogens is 370 g/mol. The van der Waals surface area contributed by atoms with Gasteiger partial charge in [-0.05, 0) is 44.4 Å². The number of para-hydroxylation sites is 1. The van der Waals surface area contributed by atoms with Crippen LogP contribution in [0.25, 0.3) is 0 Å². The van der Waals surface area contributed by atoms with E-state index in [9.17, 15) is 4.79 Å². The molecule has 1 atom stereocenters. The van der Waals surface area contributed by atoms with Crippen LogP contribution in [-0.4, -0.2) is 47.4 Å². The zero-order chi connectivity index (χ0) is 19.0. The topological polar surface area (TPSA) is 45.7 Å². The first-order valence-corrected chi connectivity index (χ1v) is 11.3. The fraction of sp³-hybridized carbons (Fsp3) is 0.545. The zero-order valence-electron chi connectivity index (χ0n) is 16.2. The minimum atomic E-state index is -0.325. The van der Waals surface area contributed by atoms with Crippen molar-refractivity contribution in [2.75, 3.05) is 31.1 Å². The highest BCUT2D eigenvalue weighted by atomic mass is 32.1. The molecule has 2 aromatic rings. The number of nitrogens with zero attached hydrogens (tertiary/aromatic N) is 3. The van der Waals surface area contributed by atoms with Crippen LogP contribution >= 0.6 is 11.3 Å². The van der Waals surface area contributed by atoms with Gasteiger partial charge in [-0.25, -0.2) is 4.98 Å². The van der Waals surface area contributed by atoms with Crippen LogP contribution in [0.4, 0.5) is 5.13 Å². The van der Waals surface area contributed by atoms with E-state index in [1.807, 2.05) is 35.6 Å². The largest absolute Gasteiger partial charge is 0.486 e. The highest BCUT2D eigenvalue weighted by Gasteiger charge is 2.41. The van der Waals surface area contributed by atoms with Crippen molar-refractivity contribution >= 4 is 22.3 Å². The summed E-state index contributed by atoms with van der Waals surface area (Å²) in [4.78, 5) is 23.6. The van der Waals surface area contributed by atoms with E-state index in [1.165, 1.54) is 22.9 Å². The highest BCUT2D eigenvalue weighted by Crippen LogP contribution is 2.39. The van der Waals surface area contributed by atoms with Crippen LogP contribution in [0.1, 0.15) is 53.8 Å². The first-order valence-electron chi connectivity index (χ1n) is 10.4. The van der Waals surface area contributed by atoms with E-state index in [0.717, 1.165) is 63.3 Å². The molecule has 0 bridgehead atoms. The Hall–Kier alpha value is -1.92. The maximum absolute atomic E-state index is 12.7. The van der Waals surface area contributed by atoms with E-state index in [-0.39, 0.29) is 11.4 Å². The average Bonchev–Trinajstić information content (AvgIpc) is 3.34. The Bertz CT molecular complexity index is 861. The molecule has 0 aliphatic carbocycles. The summed E-state index contributed by atoms with van der Waals surface area (Å²) in [6.45, 7) is 5.26. The molecule has 5 rings (SSSR count). The Morgan fingerprint density at radius 2 is 1.93 bits per heavy atom. The molecule has 2 saturated heterocycles. The van der Waals surface area contributed by atoms with Gasteiger partial charge in [0.25, 0.3) is 0 Å². The molecule has 2 fully saturated rings. The SMILES string of the molecule is O=C1CC2(CCCN(Cc3cnc(N4CCCC4)s3)CC2)Oc2ccccc21. The number of ether oxygens (including phenoxy) is 1. The third-order valence-electron chi connectivity index (χ3n) is 6.28. The molecule has 1 aromatic heterocycles. The first-order chi connectivity index (χ1) is 13.7. The quantitative estimate of drug-likeness (QED) is 0.779. The Morgan fingerprint density at radius 1 is 1.07 bits per heavy atom. The molecule has 6 heteroatoms. The Morgan fingerprint density at radius 3 is 2.82 bits per heavy atom. The number of rotatable bonds is 3. The summed E-state index contributed by atoms with van der Waals surface area (Å²) < 4.78 is 6.42. The first kappa shape index (κ1) is 18.1. The van der Waals surface area contributed by atoms with E-state index in [2.05, 4.69) is 21.0 Å². The van der Waals surface area contributed by atoms with Crippen molar-refractivity contribution in [3.05, 3.63) is 40.9 Å². The second-order valence-corrected chi connectivity index (χ2v) is 9.41. The summed E-state index contributed by atoms with van der Waals surface area (Å²) >= 11 is 1.84. The molecule has 3 aliphatic rings. The molecule has 3 aliphatic heterocycles. The molecule has 28 heavy (non-hydrogen) atoms. The van der Waals surface area contributed by atoms with Gasteiger partial charge in [0.1, 0.15) is 11.4 Å². The third-order valence-corrected chi connectivity index (χ3v) is 7.33. The number of fused-ring (bicyclic) bond motifs is 1. The number of hydrogen-bond donors (Lipinski definition) is 0. The lowest BCUT2D eigenvalue weighted by Gasteiger charge is -2.37. The minimum absolute atomic E-state index is 0.230. The maximum atomic E-state index is 12.7. The van der Waals surface area contributed by atoms with E-state index < -0.39 is 0 Å². The molecule has 0 radical (unpaired) electrons. The lowest BCUT2D eigenvalue weighted by atomic mass is 9.84. The summed E-state index contributed by atoms with van der Waals surface area (Å²) in [5.74, 6) is 0.998. The molecule has 0 saturated carbocycles. The van der Waals surface area contributed by atoms with E-state index in [0.29, 0.717) is 6.42 Å². The number of hydrogen-bond acceptors (Lipinski definition) is 6. The summed E-state index contributed by atoms with van der Waals surface area (Å²) in [6.07, 6.45) is 8.05. The zero-order valence-corrected chi connectivity index (χ0v) is 17.0. The van der Waals surface area contributed by atoms with Crippen LogP contribution in [0, 0.1) is 0 Å². The van der Waals surface area contributed by atoms with Crippen molar-refractivity contribution in [2.45, 2.75) is 50.7 Å². The Balaban J connectivity index is 1.24. The number of anilines is 1. The standard InChI is InChI=1S/C22H27N3O2S/c26-19-14-22(27-20-7-2-1-6-18(19)20)8-5-10-24(13-9-22)16-17-15-23-21(28-17)25-11-3-4-12-25/h1-2,6-7,15H,3-5,8-14,16H2. The van der Waals surface area contributed by atoms with E-state index >= 15 is 0 Å². The molecule has 4 heterocycles. The lowest BCUT2D eigenvalue weighted by Crippen LogP contribution is -2.42. The number of benzene rings is 1. The summed E-state index contributed by atoms with van der Waals surface area (Å²) in [5, 5.41) is 1.18. The molecule has 148 valence electrons. The smallest absolute Gasteiger partial charge is 0.185 e. The predicted molar refractivity (Wildman–Crippen MR) is 111 cm³/mol. The summed E-state index contributed by atoms with van der Waals surface area (Å²) in [7, 11) is 0. The number of ketones is 1. The van der Waals surface area contributed by atoms with Gasteiger partial charge < -0.3 is 9.64 Å². The van der Waals surface area contributed by atoms with Crippen LogP contribution in [0.5, 0.6) is 5.75 Å². The van der Waals surface area contributed by atoms with Gasteiger partial charge in [-0.3, -0.25) is 9.69 Å². The number of likely N-dealkylation sites (tertiary alicyclic amines) is 1. The number of thiazole rings is 1. The van der Waals surface area contributed by atoms with Gasteiger partial charge in [0.05, 0.1) is 12.0 Å². The fourth-order valence-electron chi connectivity index (χ4n) is 4.75. The van der Waals surface area contributed by atoms with E-state index in [4.69, 9.17) is 4.74 Å². The summed E-state index contributed by atoms with van der Waals surface area (Å²) in [5.41, 5.74) is 0.419. The molecule has 1 unspecified atom stereocenters. The second kappa shape index (κ2) is 7.48. The van der Waals surface area contributed by atoms with Gasteiger partial charge in [0.15, 0.2) is 10.9 Å². The van der Waals surface area contributed by atoms with Gasteiger partial charge in [-0.15, -0.1) is 11.3 Å². The molecular formula is C22H27N3O2S. The van der Waals surface area contributed by atoms with Crippen molar-refractivity contribution in [1.29, 1.82) is 0 Å². The normalized spacial score (nSPS) is 25.6. The molecule has 1 spiro atoms. The fourth-order valence-corrected chi connectivity index (χ4v) is 5.75. The van der Waals surface area contributed by atoms with Gasteiger partial charge in [0, 0.05) is 43.7 Å². The lowest BCUT2D eigenvalue weighted by molar-refractivity contribution is 0.0299. The molecule has 0 N–H and O–H groups in total. The van der Waals surface area contributed by atoms with Crippen molar-refractivity contribution in [3.63, 3.8) is 0 Å².